The number of H-pyrrole nitrogens is 1. The standard InChI is InChI=1S/C28H28Cl2N4O2/c1-19(28-24(29)16-31-17-25(28)30)36-22-8-10-27-23(15-22)26(32-33-27)9-7-20-3-5-21(6-4-20)18-34-11-2-13-35-14-12-34/h3-10,15-17,19H,2,11-14,18H2,1H3,(H,32,33)/b9-7+. The molecule has 0 bridgehead atoms. The maximum Gasteiger partial charge on any atom is 0.124 e. The molecule has 1 atom stereocenters. The van der Waals surface area contributed by atoms with E-state index in [1.807, 2.05) is 31.2 Å². The summed E-state index contributed by atoms with van der Waals surface area (Å²) in [5.41, 5.74) is 4.93. The topological polar surface area (TPSA) is 63.3 Å². The van der Waals surface area contributed by atoms with Crippen LogP contribution in [0.15, 0.2) is 54.9 Å². The molecule has 1 fully saturated rings. The van der Waals surface area contributed by atoms with Crippen LogP contribution in [0.4, 0.5) is 0 Å². The molecule has 0 spiro atoms. The van der Waals surface area contributed by atoms with Crippen molar-refractivity contribution in [3.05, 3.63) is 87.3 Å². The minimum atomic E-state index is -0.336. The van der Waals surface area contributed by atoms with Gasteiger partial charge < -0.3 is 9.47 Å². The Labute approximate surface area is 220 Å². The van der Waals surface area contributed by atoms with Gasteiger partial charge in [0.15, 0.2) is 0 Å². The summed E-state index contributed by atoms with van der Waals surface area (Å²) in [6.45, 7) is 6.62. The third kappa shape index (κ3) is 5.90. The van der Waals surface area contributed by atoms with E-state index in [4.69, 9.17) is 32.7 Å². The summed E-state index contributed by atoms with van der Waals surface area (Å²) < 4.78 is 11.7. The van der Waals surface area contributed by atoms with Gasteiger partial charge in [-0.05, 0) is 48.7 Å². The van der Waals surface area contributed by atoms with Gasteiger partial charge in [0.1, 0.15) is 11.9 Å². The number of aromatic nitrogens is 3. The number of fused-ring (bicyclic) bond motifs is 1. The van der Waals surface area contributed by atoms with E-state index in [2.05, 4.69) is 50.4 Å². The molecule has 1 saturated heterocycles. The van der Waals surface area contributed by atoms with Crippen LogP contribution in [-0.2, 0) is 11.3 Å². The lowest BCUT2D eigenvalue weighted by Gasteiger charge is -2.19. The SMILES string of the molecule is CC(Oc1ccc2[nH]nc(/C=C/c3ccc(CN4CCCOCC4)cc3)c2c1)c1c(Cl)cncc1Cl. The van der Waals surface area contributed by atoms with Crippen molar-refractivity contribution in [1.29, 1.82) is 0 Å². The number of nitrogens with one attached hydrogen (secondary N) is 1. The maximum atomic E-state index is 6.30. The Morgan fingerprint density at radius 2 is 1.86 bits per heavy atom. The van der Waals surface area contributed by atoms with Crippen LogP contribution in [0.1, 0.15) is 41.8 Å². The van der Waals surface area contributed by atoms with Gasteiger partial charge >= 0.3 is 0 Å². The number of halogens is 2. The van der Waals surface area contributed by atoms with Crippen molar-refractivity contribution >= 4 is 46.3 Å². The molecule has 0 amide bonds. The second-order valence-electron chi connectivity index (χ2n) is 8.91. The average Bonchev–Trinajstić information content (AvgIpc) is 3.09. The van der Waals surface area contributed by atoms with Crippen molar-refractivity contribution in [2.45, 2.75) is 26.0 Å². The van der Waals surface area contributed by atoms with Crippen molar-refractivity contribution in [2.75, 3.05) is 26.3 Å². The molecule has 1 N–H and O–H groups in total. The molecule has 5 rings (SSSR count). The largest absolute Gasteiger partial charge is 0.486 e. The lowest BCUT2D eigenvalue weighted by molar-refractivity contribution is 0.140. The molecule has 0 radical (unpaired) electrons. The fourth-order valence-electron chi connectivity index (χ4n) is 4.41. The van der Waals surface area contributed by atoms with Crippen molar-refractivity contribution in [1.82, 2.24) is 20.1 Å². The highest BCUT2D eigenvalue weighted by Gasteiger charge is 2.16. The van der Waals surface area contributed by atoms with Crippen LogP contribution in [0, 0.1) is 0 Å². The van der Waals surface area contributed by atoms with Crippen molar-refractivity contribution in [2.24, 2.45) is 0 Å². The van der Waals surface area contributed by atoms with Gasteiger partial charge in [0.05, 0.1) is 27.9 Å². The Morgan fingerprint density at radius 3 is 2.67 bits per heavy atom. The van der Waals surface area contributed by atoms with E-state index in [9.17, 15) is 0 Å². The number of ether oxygens (including phenoxy) is 2. The number of benzene rings is 2. The normalized spacial score (nSPS) is 15.9. The Morgan fingerprint density at radius 1 is 1.06 bits per heavy atom. The number of hydrogen-bond donors (Lipinski definition) is 1. The summed E-state index contributed by atoms with van der Waals surface area (Å²) >= 11 is 12.6. The van der Waals surface area contributed by atoms with Gasteiger partial charge in [-0.2, -0.15) is 5.10 Å². The van der Waals surface area contributed by atoms with Gasteiger partial charge in [0.25, 0.3) is 0 Å². The summed E-state index contributed by atoms with van der Waals surface area (Å²) in [4.78, 5) is 6.46. The third-order valence-electron chi connectivity index (χ3n) is 6.31. The number of hydrogen-bond acceptors (Lipinski definition) is 5. The van der Waals surface area contributed by atoms with Crippen LogP contribution >= 0.6 is 23.2 Å². The molecule has 1 unspecified atom stereocenters. The average molecular weight is 523 g/mol. The molecule has 3 heterocycles. The summed E-state index contributed by atoms with van der Waals surface area (Å²) in [5, 5.41) is 9.51. The van der Waals surface area contributed by atoms with E-state index in [0.717, 1.165) is 61.4 Å². The molecular weight excluding hydrogens is 495 g/mol. The minimum Gasteiger partial charge on any atom is -0.486 e. The van der Waals surface area contributed by atoms with E-state index in [1.165, 1.54) is 5.56 Å². The Bertz CT molecular complexity index is 1330. The lowest BCUT2D eigenvalue weighted by Crippen LogP contribution is -2.25. The van der Waals surface area contributed by atoms with E-state index >= 15 is 0 Å². The van der Waals surface area contributed by atoms with Gasteiger partial charge in [-0.3, -0.25) is 15.0 Å². The molecule has 2 aromatic carbocycles. The third-order valence-corrected chi connectivity index (χ3v) is 6.91. The first kappa shape index (κ1) is 24.8. The number of nitrogens with zero attached hydrogens (tertiary/aromatic N) is 3. The number of rotatable bonds is 7. The van der Waals surface area contributed by atoms with Crippen LogP contribution in [0.3, 0.4) is 0 Å². The zero-order chi connectivity index (χ0) is 24.9. The predicted molar refractivity (Wildman–Crippen MR) is 145 cm³/mol. The fraction of sp³-hybridized carbons (Fsp3) is 0.286. The first-order chi connectivity index (χ1) is 17.6. The monoisotopic (exact) mass is 522 g/mol. The highest BCUT2D eigenvalue weighted by molar-refractivity contribution is 6.35. The number of pyridine rings is 1. The second kappa shape index (κ2) is 11.4. The molecule has 6 nitrogen and oxygen atoms in total. The van der Waals surface area contributed by atoms with E-state index in [1.54, 1.807) is 12.4 Å². The zero-order valence-corrected chi connectivity index (χ0v) is 21.6. The van der Waals surface area contributed by atoms with Crippen molar-refractivity contribution in [3.63, 3.8) is 0 Å². The van der Waals surface area contributed by atoms with Crippen LogP contribution < -0.4 is 4.74 Å². The van der Waals surface area contributed by atoms with Crippen LogP contribution in [0.2, 0.25) is 10.0 Å². The summed E-state index contributed by atoms with van der Waals surface area (Å²) in [6.07, 6.45) is 7.99. The van der Waals surface area contributed by atoms with Gasteiger partial charge in [0, 0.05) is 49.6 Å². The Hall–Kier alpha value is -2.90. The first-order valence-electron chi connectivity index (χ1n) is 12.1. The molecule has 36 heavy (non-hydrogen) atoms. The van der Waals surface area contributed by atoms with Gasteiger partial charge in [-0.15, -0.1) is 0 Å². The van der Waals surface area contributed by atoms with Crippen LogP contribution in [-0.4, -0.2) is 46.4 Å². The Balaban J connectivity index is 1.28. The highest BCUT2D eigenvalue weighted by Crippen LogP contribution is 2.33. The minimum absolute atomic E-state index is 0.336. The zero-order valence-electron chi connectivity index (χ0n) is 20.1. The van der Waals surface area contributed by atoms with Crippen molar-refractivity contribution < 1.29 is 9.47 Å². The van der Waals surface area contributed by atoms with E-state index in [0.29, 0.717) is 21.4 Å². The smallest absolute Gasteiger partial charge is 0.124 e. The molecule has 4 aromatic rings. The molecular formula is C28H28Cl2N4O2. The van der Waals surface area contributed by atoms with E-state index in [-0.39, 0.29) is 6.10 Å². The first-order valence-corrected chi connectivity index (χ1v) is 12.8. The van der Waals surface area contributed by atoms with Gasteiger partial charge in [-0.25, -0.2) is 0 Å². The van der Waals surface area contributed by atoms with Crippen LogP contribution in [0.25, 0.3) is 23.1 Å². The quantitative estimate of drug-likeness (QED) is 0.289. The second-order valence-corrected chi connectivity index (χ2v) is 9.72. The predicted octanol–water partition coefficient (Wildman–Crippen LogP) is 6.80. The summed E-state index contributed by atoms with van der Waals surface area (Å²) in [7, 11) is 0. The van der Waals surface area contributed by atoms with E-state index < -0.39 is 0 Å². The van der Waals surface area contributed by atoms with Gasteiger partial charge in [-0.1, -0.05) is 53.5 Å². The van der Waals surface area contributed by atoms with Crippen molar-refractivity contribution in [3.8, 4) is 5.75 Å². The molecule has 0 saturated carbocycles. The number of aromatic amines is 1. The van der Waals surface area contributed by atoms with Gasteiger partial charge in [0.2, 0.25) is 0 Å². The lowest BCUT2D eigenvalue weighted by atomic mass is 10.1. The summed E-state index contributed by atoms with van der Waals surface area (Å²) in [5.74, 6) is 0.707. The highest BCUT2D eigenvalue weighted by atomic mass is 35.5. The molecule has 186 valence electrons. The van der Waals surface area contributed by atoms with Crippen LogP contribution in [0.5, 0.6) is 5.75 Å². The molecule has 1 aliphatic heterocycles. The Kier molecular flexibility index (Phi) is 7.87. The molecule has 1 aliphatic rings. The molecule has 2 aromatic heterocycles. The molecule has 0 aliphatic carbocycles. The maximum absolute atomic E-state index is 6.30. The molecule has 8 heteroatoms. The fourth-order valence-corrected chi connectivity index (χ4v) is 5.08. The summed E-state index contributed by atoms with van der Waals surface area (Å²) in [6, 6.07) is 14.5.